The number of anilines is 1. The van der Waals surface area contributed by atoms with Crippen LogP contribution in [0.25, 0.3) is 10.2 Å². The van der Waals surface area contributed by atoms with E-state index in [0.717, 1.165) is 15.8 Å². The third kappa shape index (κ3) is 2.33. The van der Waals surface area contributed by atoms with Gasteiger partial charge in [0.05, 0.1) is 10.2 Å². The molecule has 1 aromatic carbocycles. The van der Waals surface area contributed by atoms with Crippen molar-refractivity contribution in [1.29, 1.82) is 0 Å². The molecule has 0 fully saturated rings. The van der Waals surface area contributed by atoms with Crippen LogP contribution in [0.3, 0.4) is 0 Å². The average Bonchev–Trinajstić information content (AvgIpc) is 2.80. The minimum Gasteiger partial charge on any atom is -0.328 e. The Hall–Kier alpha value is -2.47. The first-order chi connectivity index (χ1) is 9.63. The highest BCUT2D eigenvalue weighted by Crippen LogP contribution is 2.26. The third-order valence-electron chi connectivity index (χ3n) is 2.83. The Morgan fingerprint density at radius 2 is 2.20 bits per heavy atom. The number of nitrogens with one attached hydrogen (secondary N) is 2. The lowest BCUT2D eigenvalue weighted by molar-refractivity contribution is 0.102. The van der Waals surface area contributed by atoms with Gasteiger partial charge in [0.15, 0.2) is 5.13 Å². The normalized spacial score (nSPS) is 10.7. The number of carbonyl (C=O) groups is 1. The maximum absolute atomic E-state index is 12.0. The highest BCUT2D eigenvalue weighted by Gasteiger charge is 2.12. The molecule has 2 heterocycles. The van der Waals surface area contributed by atoms with E-state index in [2.05, 4.69) is 15.3 Å². The smallest absolute Gasteiger partial charge is 0.263 e. The molecule has 0 aliphatic heterocycles. The summed E-state index contributed by atoms with van der Waals surface area (Å²) in [4.78, 5) is 30.3. The number of benzene rings is 1. The van der Waals surface area contributed by atoms with Crippen LogP contribution in [0, 0.1) is 6.92 Å². The Kier molecular flexibility index (Phi) is 3.08. The van der Waals surface area contributed by atoms with Gasteiger partial charge in [-0.05, 0) is 36.8 Å². The van der Waals surface area contributed by atoms with Crippen molar-refractivity contribution in [3.05, 3.63) is 58.0 Å². The molecular weight excluding hydrogens is 274 g/mol. The quantitative estimate of drug-likeness (QED) is 0.759. The molecule has 3 aromatic rings. The molecule has 2 aromatic heterocycles. The lowest BCUT2D eigenvalue weighted by Gasteiger charge is -1.99. The van der Waals surface area contributed by atoms with E-state index in [9.17, 15) is 9.59 Å². The van der Waals surface area contributed by atoms with Gasteiger partial charge in [0.2, 0.25) is 0 Å². The molecule has 6 heteroatoms. The van der Waals surface area contributed by atoms with Crippen molar-refractivity contribution in [3.63, 3.8) is 0 Å². The van der Waals surface area contributed by atoms with E-state index in [1.54, 1.807) is 6.07 Å². The fourth-order valence-corrected chi connectivity index (χ4v) is 2.81. The minimum atomic E-state index is -0.456. The van der Waals surface area contributed by atoms with Gasteiger partial charge in [-0.1, -0.05) is 17.4 Å². The number of hydrogen-bond acceptors (Lipinski definition) is 4. The van der Waals surface area contributed by atoms with Crippen LogP contribution in [0.5, 0.6) is 0 Å². The molecular formula is C14H11N3O2S. The van der Waals surface area contributed by atoms with Gasteiger partial charge in [0.1, 0.15) is 5.56 Å². The summed E-state index contributed by atoms with van der Waals surface area (Å²) in [5, 5.41) is 3.14. The molecule has 3 rings (SSSR count). The van der Waals surface area contributed by atoms with E-state index in [1.165, 1.54) is 23.6 Å². The van der Waals surface area contributed by atoms with Gasteiger partial charge in [-0.2, -0.15) is 0 Å². The Morgan fingerprint density at radius 3 is 3.00 bits per heavy atom. The molecule has 100 valence electrons. The number of aromatic amines is 1. The first-order valence-corrected chi connectivity index (χ1v) is 6.81. The van der Waals surface area contributed by atoms with E-state index in [4.69, 9.17) is 0 Å². The van der Waals surface area contributed by atoms with E-state index in [0.29, 0.717) is 5.13 Å². The number of thiazole rings is 1. The number of nitrogens with zero attached hydrogens (tertiary/aromatic N) is 1. The van der Waals surface area contributed by atoms with Crippen molar-refractivity contribution in [2.24, 2.45) is 0 Å². The highest BCUT2D eigenvalue weighted by molar-refractivity contribution is 7.22. The Labute approximate surface area is 118 Å². The predicted octanol–water partition coefficient (Wildman–Crippen LogP) is 2.55. The van der Waals surface area contributed by atoms with Crippen molar-refractivity contribution in [3.8, 4) is 0 Å². The van der Waals surface area contributed by atoms with Gasteiger partial charge < -0.3 is 4.98 Å². The molecule has 0 bridgehead atoms. The van der Waals surface area contributed by atoms with E-state index in [1.807, 2.05) is 25.1 Å². The summed E-state index contributed by atoms with van der Waals surface area (Å²) in [6, 6.07) is 8.98. The van der Waals surface area contributed by atoms with Crippen LogP contribution in [-0.2, 0) is 0 Å². The summed E-state index contributed by atoms with van der Waals surface area (Å²) in [6.07, 6.45) is 1.49. The molecule has 2 N–H and O–H groups in total. The maximum atomic E-state index is 12.0. The highest BCUT2D eigenvalue weighted by atomic mass is 32.1. The number of amides is 1. The molecule has 0 unspecified atom stereocenters. The molecule has 1 amide bonds. The van der Waals surface area contributed by atoms with Crippen molar-refractivity contribution in [2.45, 2.75) is 6.92 Å². The second-order valence-corrected chi connectivity index (χ2v) is 5.39. The first kappa shape index (κ1) is 12.6. The summed E-state index contributed by atoms with van der Waals surface area (Å²) in [6.45, 7) is 2.00. The number of carbonyl (C=O) groups excluding carboxylic acids is 1. The Morgan fingerprint density at radius 1 is 1.35 bits per heavy atom. The molecule has 0 aliphatic rings. The third-order valence-corrected chi connectivity index (χ3v) is 3.76. The fourth-order valence-electron chi connectivity index (χ4n) is 1.85. The zero-order valence-electron chi connectivity index (χ0n) is 10.6. The summed E-state index contributed by atoms with van der Waals surface area (Å²) in [5.74, 6) is -0.456. The van der Waals surface area contributed by atoms with Crippen LogP contribution in [0.15, 0.2) is 41.3 Å². The Balaban J connectivity index is 1.91. The van der Waals surface area contributed by atoms with E-state index in [-0.39, 0.29) is 5.56 Å². The van der Waals surface area contributed by atoms with Crippen LogP contribution in [0.4, 0.5) is 5.13 Å². The van der Waals surface area contributed by atoms with E-state index >= 15 is 0 Å². The summed E-state index contributed by atoms with van der Waals surface area (Å²) in [7, 11) is 0. The topological polar surface area (TPSA) is 74.8 Å². The summed E-state index contributed by atoms with van der Waals surface area (Å²) >= 11 is 1.38. The van der Waals surface area contributed by atoms with Crippen LogP contribution in [-0.4, -0.2) is 15.9 Å². The number of aryl methyl sites for hydroxylation is 1. The number of pyridine rings is 1. The van der Waals surface area contributed by atoms with Crippen molar-refractivity contribution in [1.82, 2.24) is 9.97 Å². The Bertz CT molecular complexity index is 851. The lowest BCUT2D eigenvalue weighted by Crippen LogP contribution is -2.22. The monoisotopic (exact) mass is 285 g/mol. The lowest BCUT2D eigenvalue weighted by atomic mass is 10.2. The maximum Gasteiger partial charge on any atom is 0.263 e. The van der Waals surface area contributed by atoms with Crippen LogP contribution in [0.2, 0.25) is 0 Å². The number of H-pyrrole nitrogens is 1. The fraction of sp³-hybridized carbons (Fsp3) is 0.0714. The molecule has 0 saturated carbocycles. The van der Waals surface area contributed by atoms with Crippen LogP contribution >= 0.6 is 11.3 Å². The van der Waals surface area contributed by atoms with E-state index < -0.39 is 11.5 Å². The zero-order chi connectivity index (χ0) is 14.1. The van der Waals surface area contributed by atoms with Gasteiger partial charge in [-0.3, -0.25) is 14.9 Å². The number of aromatic nitrogens is 2. The largest absolute Gasteiger partial charge is 0.328 e. The molecule has 20 heavy (non-hydrogen) atoms. The molecule has 5 nitrogen and oxygen atoms in total. The SMILES string of the molecule is Cc1ccc2nc(NC(=O)c3ccc[nH]c3=O)sc2c1. The average molecular weight is 285 g/mol. The minimum absolute atomic E-state index is 0.0722. The first-order valence-electron chi connectivity index (χ1n) is 6.00. The number of hydrogen-bond donors (Lipinski definition) is 2. The van der Waals surface area contributed by atoms with Gasteiger partial charge in [-0.15, -0.1) is 0 Å². The second kappa shape index (κ2) is 4.90. The van der Waals surface area contributed by atoms with Gasteiger partial charge in [-0.25, -0.2) is 4.98 Å². The van der Waals surface area contributed by atoms with Crippen molar-refractivity contribution < 1.29 is 4.79 Å². The van der Waals surface area contributed by atoms with Gasteiger partial charge >= 0.3 is 0 Å². The molecule has 0 saturated heterocycles. The second-order valence-electron chi connectivity index (χ2n) is 4.36. The summed E-state index contributed by atoms with van der Waals surface area (Å²) < 4.78 is 1.00. The van der Waals surface area contributed by atoms with Crippen molar-refractivity contribution in [2.75, 3.05) is 5.32 Å². The zero-order valence-corrected chi connectivity index (χ0v) is 11.5. The van der Waals surface area contributed by atoms with Crippen LogP contribution < -0.4 is 10.9 Å². The van der Waals surface area contributed by atoms with Crippen LogP contribution in [0.1, 0.15) is 15.9 Å². The van der Waals surface area contributed by atoms with Gasteiger partial charge in [0, 0.05) is 6.20 Å². The molecule has 0 atom stereocenters. The van der Waals surface area contributed by atoms with Crippen molar-refractivity contribution >= 4 is 32.6 Å². The van der Waals surface area contributed by atoms with Gasteiger partial charge in [0.25, 0.3) is 11.5 Å². The number of rotatable bonds is 2. The standard InChI is InChI=1S/C14H11N3O2S/c1-8-4-5-10-11(7-8)20-14(16-10)17-13(19)9-3-2-6-15-12(9)18/h2-7H,1H3,(H,15,18)(H,16,17,19). The molecule has 0 radical (unpaired) electrons. The molecule has 0 aliphatic carbocycles. The number of fused-ring (bicyclic) bond motifs is 1. The summed E-state index contributed by atoms with van der Waals surface area (Å²) in [5.41, 5.74) is 1.63. The predicted molar refractivity (Wildman–Crippen MR) is 79.4 cm³/mol. The molecule has 0 spiro atoms.